The molecule has 9 heteroatoms. The van der Waals surface area contributed by atoms with E-state index in [2.05, 4.69) is 5.32 Å². The minimum absolute atomic E-state index is 0.0579. The number of nitrogens with zero attached hydrogens (tertiary/aromatic N) is 1. The molecule has 4 heterocycles. The van der Waals surface area contributed by atoms with E-state index in [4.69, 9.17) is 14.2 Å². The zero-order valence-electron chi connectivity index (χ0n) is 36.7. The van der Waals surface area contributed by atoms with Crippen molar-refractivity contribution < 1.29 is 33.4 Å². The van der Waals surface area contributed by atoms with E-state index in [1.165, 1.54) is 128 Å². The van der Waals surface area contributed by atoms with Gasteiger partial charge < -0.3 is 24.4 Å². The Morgan fingerprint density at radius 2 is 1.07 bits per heavy atom. The third-order valence-corrected chi connectivity index (χ3v) is 17.3. The molecule has 9 nitrogen and oxygen atoms in total. The fourth-order valence-corrected chi connectivity index (χ4v) is 13.4. The van der Waals surface area contributed by atoms with Gasteiger partial charge in [0.15, 0.2) is 22.3 Å². The fraction of sp³-hybridized carbons (Fsp3) is 0.800. The molecule has 326 valence electrons. The molecule has 8 aliphatic rings. The second-order valence-corrected chi connectivity index (χ2v) is 20.7. The van der Waals surface area contributed by atoms with E-state index >= 15 is 0 Å². The van der Waals surface area contributed by atoms with E-state index in [-0.39, 0.29) is 35.6 Å². The highest BCUT2D eigenvalue weighted by Gasteiger charge is 2.79. The van der Waals surface area contributed by atoms with Crippen molar-refractivity contribution >= 4 is 23.8 Å². The number of carbonyl (C=O) groups is 4. The van der Waals surface area contributed by atoms with E-state index in [0.717, 1.165) is 55.8 Å². The number of likely N-dealkylation sites (tertiary alicyclic amines) is 1. The Kier molecular flexibility index (Phi) is 12.8. The number of fused-ring (bicyclic) bond motifs is 2. The summed E-state index contributed by atoms with van der Waals surface area (Å²) in [5.74, 6) is 2.83. The zero-order valence-corrected chi connectivity index (χ0v) is 36.7. The quantitative estimate of drug-likeness (QED) is 0.197. The Labute approximate surface area is 354 Å². The first kappa shape index (κ1) is 42.6. The lowest BCUT2D eigenvalue weighted by Crippen LogP contribution is -2.74. The van der Waals surface area contributed by atoms with Crippen LogP contribution in [0.5, 0.6) is 5.75 Å². The van der Waals surface area contributed by atoms with Crippen LogP contribution in [0.15, 0.2) is 24.3 Å². The molecule has 4 aliphatic carbocycles. The number of methoxy groups -OCH3 is 1. The van der Waals surface area contributed by atoms with E-state index < -0.39 is 22.3 Å². The predicted octanol–water partition coefficient (Wildman–Crippen LogP) is 10.2. The lowest BCUT2D eigenvalue weighted by Gasteiger charge is -2.55. The van der Waals surface area contributed by atoms with Gasteiger partial charge in [0.25, 0.3) is 0 Å². The molecule has 8 fully saturated rings. The lowest BCUT2D eigenvalue weighted by molar-refractivity contribution is -0.238. The number of carbonyl (C=O) groups excluding carboxylic acids is 4. The molecule has 4 aliphatic heterocycles. The van der Waals surface area contributed by atoms with E-state index in [0.29, 0.717) is 24.3 Å². The molecule has 59 heavy (non-hydrogen) atoms. The van der Waals surface area contributed by atoms with E-state index in [1.807, 2.05) is 43.0 Å². The molecular weight excluding hydrogens is 741 g/mol. The van der Waals surface area contributed by atoms with Crippen molar-refractivity contribution in [3.05, 3.63) is 29.8 Å². The number of amides is 2. The Bertz CT molecular complexity index is 1660. The number of esters is 2. The van der Waals surface area contributed by atoms with Crippen molar-refractivity contribution in [2.24, 2.45) is 35.5 Å². The van der Waals surface area contributed by atoms with Crippen LogP contribution in [0.1, 0.15) is 186 Å². The summed E-state index contributed by atoms with van der Waals surface area (Å²) in [4.78, 5) is 54.1. The van der Waals surface area contributed by atoms with E-state index in [9.17, 15) is 19.2 Å². The second kappa shape index (κ2) is 17.7. The van der Waals surface area contributed by atoms with Crippen LogP contribution in [0.25, 0.3) is 0 Å². The smallest absolute Gasteiger partial charge is 0.336 e. The van der Waals surface area contributed by atoms with Gasteiger partial charge in [0.05, 0.1) is 18.9 Å². The number of hydrogen-bond acceptors (Lipinski definition) is 7. The van der Waals surface area contributed by atoms with Crippen LogP contribution in [0.2, 0.25) is 0 Å². The number of ether oxygens (including phenoxy) is 3. The SMILES string of the molecule is CC12NC(=O)[C@H](CC3CCCCC3)[C@]1(CCC1CCCCC1)OC2=O.COc1ccc(CN2C(=O)[C@H](CC3CCCCC3)[C@]3(CCC4CCCCC4)OC(=O)C23C)cc1. The number of rotatable bonds is 13. The predicted molar refractivity (Wildman–Crippen MR) is 227 cm³/mol. The van der Waals surface area contributed by atoms with Crippen molar-refractivity contribution in [2.45, 2.75) is 210 Å². The van der Waals surface area contributed by atoms with Crippen molar-refractivity contribution in [3.63, 3.8) is 0 Å². The highest BCUT2D eigenvalue weighted by molar-refractivity contribution is 6.01. The largest absolute Gasteiger partial charge is 0.497 e. The Hall–Kier alpha value is -3.10. The van der Waals surface area contributed by atoms with Gasteiger partial charge in [0, 0.05) is 6.54 Å². The summed E-state index contributed by atoms with van der Waals surface area (Å²) in [5.41, 5.74) is -1.86. The molecule has 9 rings (SSSR count). The van der Waals surface area contributed by atoms with Crippen LogP contribution in [-0.2, 0) is 35.2 Å². The van der Waals surface area contributed by atoms with Gasteiger partial charge in [-0.1, -0.05) is 141 Å². The molecule has 1 N–H and O–H groups in total. The minimum atomic E-state index is -0.863. The Balaban J connectivity index is 0.000000172. The maximum atomic E-state index is 14.0. The monoisotopic (exact) mass is 815 g/mol. The van der Waals surface area contributed by atoms with Gasteiger partial charge in [-0.15, -0.1) is 0 Å². The van der Waals surface area contributed by atoms with Crippen LogP contribution in [-0.4, -0.2) is 58.0 Å². The topological polar surface area (TPSA) is 111 Å². The Morgan fingerprint density at radius 1 is 0.610 bits per heavy atom. The molecule has 0 bridgehead atoms. The summed E-state index contributed by atoms with van der Waals surface area (Å²) in [6.45, 7) is 4.33. The molecule has 6 atom stereocenters. The zero-order chi connectivity index (χ0) is 41.3. The molecule has 2 unspecified atom stereocenters. The van der Waals surface area contributed by atoms with Gasteiger partial charge in [0.1, 0.15) is 5.75 Å². The summed E-state index contributed by atoms with van der Waals surface area (Å²) in [7, 11) is 1.65. The molecule has 4 saturated heterocycles. The van der Waals surface area contributed by atoms with Crippen molar-refractivity contribution in [1.82, 2.24) is 10.2 Å². The van der Waals surface area contributed by atoms with Crippen molar-refractivity contribution in [1.29, 1.82) is 0 Å². The molecule has 1 aromatic rings. The summed E-state index contributed by atoms with van der Waals surface area (Å²) < 4.78 is 17.3. The van der Waals surface area contributed by atoms with Crippen LogP contribution in [0.3, 0.4) is 0 Å². The highest BCUT2D eigenvalue weighted by Crippen LogP contribution is 2.60. The molecule has 2 amide bonds. The average Bonchev–Trinajstić information content (AvgIpc) is 3.51. The lowest BCUT2D eigenvalue weighted by atomic mass is 9.64. The van der Waals surface area contributed by atoms with Crippen LogP contribution < -0.4 is 10.1 Å². The normalized spacial score (nSPS) is 35.3. The molecule has 1 aromatic carbocycles. The number of nitrogens with one attached hydrogen (secondary N) is 1. The van der Waals surface area contributed by atoms with Crippen LogP contribution >= 0.6 is 0 Å². The van der Waals surface area contributed by atoms with Gasteiger partial charge in [-0.3, -0.25) is 9.59 Å². The summed E-state index contributed by atoms with van der Waals surface area (Å²) >= 11 is 0. The van der Waals surface area contributed by atoms with E-state index in [1.54, 1.807) is 7.11 Å². The first-order valence-electron chi connectivity index (χ1n) is 24.3. The third kappa shape index (κ3) is 7.85. The average molecular weight is 815 g/mol. The summed E-state index contributed by atoms with van der Waals surface area (Å²) in [5, 5.41) is 3.03. The van der Waals surface area contributed by atoms with Gasteiger partial charge in [0.2, 0.25) is 11.8 Å². The molecule has 0 aromatic heterocycles. The maximum absolute atomic E-state index is 14.0. The number of benzene rings is 1. The Morgan fingerprint density at radius 3 is 1.54 bits per heavy atom. The molecule has 0 spiro atoms. The molecule has 0 radical (unpaired) electrons. The number of hydrogen-bond donors (Lipinski definition) is 1. The summed E-state index contributed by atoms with van der Waals surface area (Å²) in [6.07, 6.45) is 31.3. The van der Waals surface area contributed by atoms with Crippen LogP contribution in [0, 0.1) is 35.5 Å². The van der Waals surface area contributed by atoms with Crippen molar-refractivity contribution in [2.75, 3.05) is 7.11 Å². The summed E-state index contributed by atoms with van der Waals surface area (Å²) in [6, 6.07) is 7.84. The first-order valence-corrected chi connectivity index (χ1v) is 24.3. The standard InChI is InChI=1S/C29H41NO4.C21H33NO3/c1-28-27(32)34-29(28,18-17-21-9-5-3-6-10-21)25(19-22-11-7-4-8-12-22)26(31)30(28)20-23-13-15-24(33-2)16-14-23;1-20-19(24)25-21(20,13-12-15-8-4-2-5-9-15)17(18(23)22-20)14-16-10-6-3-7-11-16/h13-16,21-22,25H,3-12,17-20H2,1-2H3;15-17H,2-14H2,1H3,(H,22,23)/t25-,28?,29-;17-,20?,21-/m00/s1. The maximum Gasteiger partial charge on any atom is 0.336 e. The molecular formula is C50H74N2O7. The molecule has 4 saturated carbocycles. The van der Waals surface area contributed by atoms with Gasteiger partial charge >= 0.3 is 11.9 Å². The van der Waals surface area contributed by atoms with Crippen LogP contribution in [0.4, 0.5) is 0 Å². The van der Waals surface area contributed by atoms with Gasteiger partial charge in [-0.05, 0) is 93.7 Å². The van der Waals surface area contributed by atoms with Gasteiger partial charge in [-0.2, -0.15) is 0 Å². The highest BCUT2D eigenvalue weighted by atomic mass is 16.6. The van der Waals surface area contributed by atoms with Gasteiger partial charge in [-0.25, -0.2) is 9.59 Å². The third-order valence-electron chi connectivity index (χ3n) is 17.3. The first-order chi connectivity index (χ1) is 28.5. The van der Waals surface area contributed by atoms with Crippen molar-refractivity contribution in [3.8, 4) is 5.75 Å². The fourth-order valence-electron chi connectivity index (χ4n) is 13.4. The minimum Gasteiger partial charge on any atom is -0.497 e. The second-order valence-electron chi connectivity index (χ2n) is 20.7.